The van der Waals surface area contributed by atoms with E-state index in [4.69, 9.17) is 12.2 Å². The molecule has 1 aliphatic rings. The Morgan fingerprint density at radius 2 is 2.05 bits per heavy atom. The van der Waals surface area contributed by atoms with E-state index in [2.05, 4.69) is 5.32 Å². The monoisotopic (exact) mass is 334 g/mol. The molecule has 0 spiro atoms. The summed E-state index contributed by atoms with van der Waals surface area (Å²) in [5.41, 5.74) is -0.480. The normalized spacial score (nSPS) is 18.9. The van der Waals surface area contributed by atoms with Crippen LogP contribution in [-0.4, -0.2) is 27.9 Å². The molecular weight excluding hydrogens is 325 g/mol. The molecule has 1 aromatic rings. The summed E-state index contributed by atoms with van der Waals surface area (Å²) in [7, 11) is 0. The molecule has 0 aliphatic carbocycles. The van der Waals surface area contributed by atoms with Gasteiger partial charge in [-0.05, 0) is 12.1 Å². The quantitative estimate of drug-likeness (QED) is 0.664. The fraction of sp³-hybridized carbons (Fsp3) is 0.250. The van der Waals surface area contributed by atoms with Gasteiger partial charge >= 0.3 is 0 Å². The van der Waals surface area contributed by atoms with Gasteiger partial charge in [-0.1, -0.05) is 24.0 Å². The van der Waals surface area contributed by atoms with Crippen molar-refractivity contribution in [2.45, 2.75) is 13.0 Å². The summed E-state index contributed by atoms with van der Waals surface area (Å²) in [6, 6.07) is 0.719. The molecule has 4 nitrogen and oxygen atoms in total. The third-order valence-electron chi connectivity index (χ3n) is 2.71. The Morgan fingerprint density at radius 3 is 2.67 bits per heavy atom. The predicted molar refractivity (Wildman–Crippen MR) is 76.5 cm³/mol. The third kappa shape index (κ3) is 3.03. The lowest BCUT2D eigenvalue weighted by atomic mass is 10.2. The van der Waals surface area contributed by atoms with E-state index in [1.807, 2.05) is 0 Å². The van der Waals surface area contributed by atoms with Crippen LogP contribution < -0.4 is 10.2 Å². The van der Waals surface area contributed by atoms with Crippen molar-refractivity contribution in [1.29, 1.82) is 0 Å². The van der Waals surface area contributed by atoms with Gasteiger partial charge in [0.15, 0.2) is 17.5 Å². The Hall–Kier alpha value is -1.61. The molecule has 1 N–H and O–H groups in total. The van der Waals surface area contributed by atoms with Gasteiger partial charge in [0.2, 0.25) is 5.91 Å². The first-order valence-electron chi connectivity index (χ1n) is 5.74. The minimum atomic E-state index is -1.69. The predicted octanol–water partition coefficient (Wildman–Crippen LogP) is 1.97. The summed E-state index contributed by atoms with van der Waals surface area (Å²) in [5.74, 6) is -5.49. The summed E-state index contributed by atoms with van der Waals surface area (Å²) in [5, 5.41) is 2.40. The van der Waals surface area contributed by atoms with Gasteiger partial charge in [-0.2, -0.15) is 0 Å². The highest BCUT2D eigenvalue weighted by Gasteiger charge is 2.36. The van der Waals surface area contributed by atoms with E-state index in [0.29, 0.717) is 6.07 Å². The van der Waals surface area contributed by atoms with Gasteiger partial charge in [0.25, 0.3) is 5.91 Å². The van der Waals surface area contributed by atoms with Crippen molar-refractivity contribution in [2.24, 2.45) is 0 Å². The molecule has 1 saturated heterocycles. The minimum absolute atomic E-state index is 0.00603. The van der Waals surface area contributed by atoms with Crippen molar-refractivity contribution in [3.63, 3.8) is 0 Å². The maximum Gasteiger partial charge on any atom is 0.256 e. The standard InChI is InChI=1S/C12H9F3N2O2S2/c1-5(18)16-7-4-21-12(20)17(11(7)19)8-3-2-6(13)9(14)10(8)15/h2-3,7H,4H2,1H3,(H,16,18). The number of hydrogen-bond acceptors (Lipinski definition) is 4. The number of carbonyl (C=O) groups is 2. The third-order valence-corrected chi connectivity index (χ3v) is 4.17. The molecule has 0 saturated carbocycles. The lowest BCUT2D eigenvalue weighted by molar-refractivity contribution is -0.125. The Bertz CT molecular complexity index is 639. The number of thioether (sulfide) groups is 1. The zero-order valence-electron chi connectivity index (χ0n) is 10.7. The first-order chi connectivity index (χ1) is 9.82. The number of benzene rings is 1. The fourth-order valence-corrected chi connectivity index (χ4v) is 3.04. The smallest absolute Gasteiger partial charge is 0.256 e. The van der Waals surface area contributed by atoms with Gasteiger partial charge in [0, 0.05) is 12.7 Å². The maximum absolute atomic E-state index is 13.8. The van der Waals surface area contributed by atoms with E-state index >= 15 is 0 Å². The Kier molecular flexibility index (Phi) is 4.52. The van der Waals surface area contributed by atoms with Gasteiger partial charge in [-0.25, -0.2) is 13.2 Å². The summed E-state index contributed by atoms with van der Waals surface area (Å²) in [6.45, 7) is 1.23. The second-order valence-electron chi connectivity index (χ2n) is 4.20. The van der Waals surface area contributed by atoms with Crippen LogP contribution in [0.15, 0.2) is 12.1 Å². The second kappa shape index (κ2) is 6.02. The van der Waals surface area contributed by atoms with E-state index < -0.39 is 41.0 Å². The van der Waals surface area contributed by atoms with Crippen LogP contribution in [0.5, 0.6) is 0 Å². The van der Waals surface area contributed by atoms with Gasteiger partial charge in [0.05, 0.1) is 5.69 Å². The van der Waals surface area contributed by atoms with E-state index in [1.54, 1.807) is 0 Å². The molecule has 2 rings (SSSR count). The molecule has 1 aliphatic heterocycles. The summed E-state index contributed by atoms with van der Waals surface area (Å²) in [6.07, 6.45) is 0. The molecule has 112 valence electrons. The van der Waals surface area contributed by atoms with E-state index in [1.165, 1.54) is 6.92 Å². The fourth-order valence-electron chi connectivity index (χ4n) is 1.79. The van der Waals surface area contributed by atoms with E-state index in [9.17, 15) is 22.8 Å². The van der Waals surface area contributed by atoms with Crippen molar-refractivity contribution < 1.29 is 22.8 Å². The Balaban J connectivity index is 2.41. The number of anilines is 1. The minimum Gasteiger partial charge on any atom is -0.344 e. The van der Waals surface area contributed by atoms with Crippen molar-refractivity contribution >= 4 is 45.8 Å². The SMILES string of the molecule is CC(=O)NC1CSC(=S)N(c2ccc(F)c(F)c2F)C1=O. The van der Waals surface area contributed by atoms with Crippen LogP contribution in [0.2, 0.25) is 0 Å². The van der Waals surface area contributed by atoms with Crippen LogP contribution in [0.25, 0.3) is 0 Å². The highest BCUT2D eigenvalue weighted by Crippen LogP contribution is 2.30. The molecular formula is C12H9F3N2O2S2. The number of nitrogens with one attached hydrogen (secondary N) is 1. The van der Waals surface area contributed by atoms with Crippen LogP contribution in [0.1, 0.15) is 6.92 Å². The van der Waals surface area contributed by atoms with Crippen molar-refractivity contribution in [3.05, 3.63) is 29.6 Å². The zero-order valence-corrected chi connectivity index (χ0v) is 12.3. The molecule has 1 fully saturated rings. The average molecular weight is 334 g/mol. The highest BCUT2D eigenvalue weighted by atomic mass is 32.2. The molecule has 9 heteroatoms. The molecule has 0 aromatic heterocycles. The highest BCUT2D eigenvalue weighted by molar-refractivity contribution is 8.23. The van der Waals surface area contributed by atoms with E-state index in [0.717, 1.165) is 22.7 Å². The molecule has 1 atom stereocenters. The number of amides is 2. The average Bonchev–Trinajstić information content (AvgIpc) is 2.41. The molecule has 2 amide bonds. The summed E-state index contributed by atoms with van der Waals surface area (Å²) < 4.78 is 40.1. The van der Waals surface area contributed by atoms with Gasteiger partial charge in [-0.15, -0.1) is 0 Å². The van der Waals surface area contributed by atoms with Gasteiger partial charge in [-0.3, -0.25) is 14.5 Å². The molecule has 1 aromatic carbocycles. The number of hydrogen-bond donors (Lipinski definition) is 1. The number of halogens is 3. The van der Waals surface area contributed by atoms with Crippen LogP contribution >= 0.6 is 24.0 Å². The van der Waals surface area contributed by atoms with Crippen LogP contribution in [0.4, 0.5) is 18.9 Å². The number of carbonyl (C=O) groups excluding carboxylic acids is 2. The molecule has 0 radical (unpaired) electrons. The molecule has 0 bridgehead atoms. The molecule has 1 unspecified atom stereocenters. The number of nitrogens with zero attached hydrogens (tertiary/aromatic N) is 1. The van der Waals surface area contributed by atoms with Gasteiger partial charge in [0.1, 0.15) is 10.4 Å². The first kappa shape index (κ1) is 15.8. The topological polar surface area (TPSA) is 49.4 Å². The zero-order chi connectivity index (χ0) is 15.7. The largest absolute Gasteiger partial charge is 0.344 e. The van der Waals surface area contributed by atoms with E-state index in [-0.39, 0.29) is 10.1 Å². The lowest BCUT2D eigenvalue weighted by Crippen LogP contribution is -2.54. The van der Waals surface area contributed by atoms with Crippen molar-refractivity contribution in [2.75, 3.05) is 10.7 Å². The van der Waals surface area contributed by atoms with Gasteiger partial charge < -0.3 is 5.32 Å². The number of rotatable bonds is 2. The van der Waals surface area contributed by atoms with Crippen LogP contribution in [0, 0.1) is 17.5 Å². The summed E-state index contributed by atoms with van der Waals surface area (Å²) in [4.78, 5) is 24.1. The molecule has 1 heterocycles. The van der Waals surface area contributed by atoms with Crippen molar-refractivity contribution in [3.8, 4) is 0 Å². The number of thiocarbonyl (C=S) groups is 1. The van der Waals surface area contributed by atoms with Crippen LogP contribution in [0.3, 0.4) is 0 Å². The van der Waals surface area contributed by atoms with Crippen LogP contribution in [-0.2, 0) is 9.59 Å². The Labute approximate surface area is 127 Å². The second-order valence-corrected chi connectivity index (χ2v) is 5.85. The first-order valence-corrected chi connectivity index (χ1v) is 7.13. The lowest BCUT2D eigenvalue weighted by Gasteiger charge is -2.32. The van der Waals surface area contributed by atoms with Crippen molar-refractivity contribution in [1.82, 2.24) is 5.32 Å². The molecule has 21 heavy (non-hydrogen) atoms. The maximum atomic E-state index is 13.8. The summed E-state index contributed by atoms with van der Waals surface area (Å²) >= 11 is 5.99. The Morgan fingerprint density at radius 1 is 1.38 bits per heavy atom.